The summed E-state index contributed by atoms with van der Waals surface area (Å²) in [5, 5.41) is 10.3. The van der Waals surface area contributed by atoms with Gasteiger partial charge in [0, 0.05) is 17.9 Å². The molecule has 0 rings (SSSR count). The molecule has 2 unspecified atom stereocenters. The number of phosphoric ester groups is 2. The van der Waals surface area contributed by atoms with E-state index in [1.807, 2.05) is 0 Å². The average Bonchev–Trinajstić information content (AvgIpc) is 2.55. The largest absolute Gasteiger partial charge is 0.472 e. The van der Waals surface area contributed by atoms with Crippen LogP contribution in [0.1, 0.15) is 67.2 Å². The van der Waals surface area contributed by atoms with Gasteiger partial charge in [0.15, 0.2) is 0 Å². The summed E-state index contributed by atoms with van der Waals surface area (Å²) in [6.45, 7) is 8.74. The molecule has 5 N–H and O–H groups in total. The highest BCUT2D eigenvalue weighted by molar-refractivity contribution is 7.47. The summed E-state index contributed by atoms with van der Waals surface area (Å²) in [5.74, 6) is -0.694. The third-order valence-electron chi connectivity index (χ3n) is 4.87. The highest BCUT2D eigenvalue weighted by Gasteiger charge is 2.40. The zero-order chi connectivity index (χ0) is 23.1. The highest BCUT2D eigenvalue weighted by atomic mass is 31.2. The summed E-state index contributed by atoms with van der Waals surface area (Å²) in [7, 11) is -9.27. The number of aliphatic hydroxyl groups is 1. The normalized spacial score (nSPS) is 17.2. The Kier molecular flexibility index (Phi) is 11.1. The van der Waals surface area contributed by atoms with E-state index < -0.39 is 38.3 Å². The fourth-order valence-electron chi connectivity index (χ4n) is 2.75. The number of hydrogen-bond donors (Lipinski definition) is 5. The molecule has 29 heavy (non-hydrogen) atoms. The lowest BCUT2D eigenvalue weighted by Crippen LogP contribution is -2.43. The quantitative estimate of drug-likeness (QED) is 0.179. The lowest BCUT2D eigenvalue weighted by atomic mass is 9.82. The molecule has 0 spiro atoms. The summed E-state index contributed by atoms with van der Waals surface area (Å²) in [4.78, 5) is 27.8. The standard InChI is InChI=1S/C16H36FNO9P2/c1-7-16(8-2,9-10-25-28(20,21)22)27-29(23,24)26-12-13(15(5,6)19)11-14(3,4)18-17/h13,18-19H,7-12H2,1-6H3,(H,23,24)(H2,20,21,22). The summed E-state index contributed by atoms with van der Waals surface area (Å²) >= 11 is 0. The van der Waals surface area contributed by atoms with Gasteiger partial charge in [0.2, 0.25) is 0 Å². The van der Waals surface area contributed by atoms with Gasteiger partial charge in [0.25, 0.3) is 0 Å². The second-order valence-corrected chi connectivity index (χ2v) is 11.0. The van der Waals surface area contributed by atoms with Crippen molar-refractivity contribution >= 4 is 15.6 Å². The van der Waals surface area contributed by atoms with Crippen LogP contribution in [0.2, 0.25) is 0 Å². The molecule has 0 aromatic heterocycles. The smallest absolute Gasteiger partial charge is 0.390 e. The van der Waals surface area contributed by atoms with Crippen LogP contribution in [0.4, 0.5) is 4.48 Å². The van der Waals surface area contributed by atoms with Gasteiger partial charge in [0.05, 0.1) is 24.4 Å². The van der Waals surface area contributed by atoms with Crippen LogP contribution < -0.4 is 5.54 Å². The predicted molar refractivity (Wildman–Crippen MR) is 106 cm³/mol. The molecule has 0 aliphatic carbocycles. The zero-order valence-electron chi connectivity index (χ0n) is 17.9. The molecular formula is C16H36FNO9P2. The van der Waals surface area contributed by atoms with Crippen molar-refractivity contribution in [3.63, 3.8) is 0 Å². The van der Waals surface area contributed by atoms with Crippen molar-refractivity contribution in [1.82, 2.24) is 5.54 Å². The van der Waals surface area contributed by atoms with Crippen LogP contribution in [-0.2, 0) is 22.7 Å². The maximum absolute atomic E-state index is 12.9. The van der Waals surface area contributed by atoms with Gasteiger partial charge in [-0.15, -0.1) is 4.48 Å². The van der Waals surface area contributed by atoms with Crippen LogP contribution >= 0.6 is 15.6 Å². The summed E-state index contributed by atoms with van der Waals surface area (Å²) in [5.41, 5.74) is -1.90. The molecule has 0 bridgehead atoms. The van der Waals surface area contributed by atoms with Gasteiger partial charge in [-0.2, -0.15) is 5.54 Å². The van der Waals surface area contributed by atoms with Crippen molar-refractivity contribution in [3.8, 4) is 0 Å². The SMILES string of the molecule is CCC(CC)(CCOP(=O)(O)O)OP(=O)(O)OCC(CC(C)(C)NF)C(C)(C)O. The molecule has 0 fully saturated rings. The van der Waals surface area contributed by atoms with Crippen molar-refractivity contribution in [2.75, 3.05) is 13.2 Å². The van der Waals surface area contributed by atoms with Gasteiger partial charge in [-0.3, -0.25) is 13.6 Å². The third-order valence-corrected chi connectivity index (χ3v) is 6.48. The molecule has 0 heterocycles. The Hall–Kier alpha value is 0.0700. The molecule has 0 amide bonds. The third kappa shape index (κ3) is 11.9. The molecule has 0 saturated carbocycles. The Morgan fingerprint density at radius 1 is 1.03 bits per heavy atom. The van der Waals surface area contributed by atoms with Crippen molar-refractivity contribution < 1.29 is 47.0 Å². The van der Waals surface area contributed by atoms with E-state index in [4.69, 9.17) is 18.8 Å². The van der Waals surface area contributed by atoms with Crippen LogP contribution in [-0.4, -0.2) is 49.7 Å². The zero-order valence-corrected chi connectivity index (χ0v) is 19.7. The first-order valence-electron chi connectivity index (χ1n) is 9.39. The van der Waals surface area contributed by atoms with E-state index in [1.165, 1.54) is 13.8 Å². The Balaban J connectivity index is 5.18. The van der Waals surface area contributed by atoms with E-state index in [1.54, 1.807) is 33.2 Å². The lowest BCUT2D eigenvalue weighted by molar-refractivity contribution is -0.0411. The number of nitrogens with one attached hydrogen (secondary N) is 1. The van der Waals surface area contributed by atoms with Gasteiger partial charge in [-0.1, -0.05) is 13.8 Å². The molecule has 10 nitrogen and oxygen atoms in total. The molecular weight excluding hydrogens is 431 g/mol. The fourth-order valence-corrected chi connectivity index (χ4v) is 4.34. The molecule has 13 heteroatoms. The van der Waals surface area contributed by atoms with Crippen molar-refractivity contribution in [1.29, 1.82) is 0 Å². The average molecular weight is 467 g/mol. The molecule has 0 radical (unpaired) electrons. The first-order valence-corrected chi connectivity index (χ1v) is 12.4. The van der Waals surface area contributed by atoms with E-state index in [2.05, 4.69) is 4.52 Å². The fraction of sp³-hybridized carbons (Fsp3) is 1.00. The van der Waals surface area contributed by atoms with Crippen molar-refractivity contribution in [2.45, 2.75) is 84.0 Å². The number of hydrogen-bond acceptors (Lipinski definition) is 7. The Labute approximate surface area is 171 Å². The molecule has 0 aliphatic rings. The van der Waals surface area contributed by atoms with Crippen LogP contribution in [0.25, 0.3) is 0 Å². The predicted octanol–water partition coefficient (Wildman–Crippen LogP) is 3.21. The number of halogens is 1. The molecule has 0 aromatic carbocycles. The Morgan fingerprint density at radius 3 is 1.93 bits per heavy atom. The van der Waals surface area contributed by atoms with E-state index in [0.717, 1.165) is 0 Å². The lowest BCUT2D eigenvalue weighted by Gasteiger charge is -2.36. The van der Waals surface area contributed by atoms with E-state index in [-0.39, 0.29) is 38.9 Å². The number of rotatable bonds is 15. The van der Waals surface area contributed by atoms with Crippen molar-refractivity contribution in [3.05, 3.63) is 0 Å². The first kappa shape index (κ1) is 29.1. The topological polar surface area (TPSA) is 155 Å². The first-order chi connectivity index (χ1) is 12.9. The highest BCUT2D eigenvalue weighted by Crippen LogP contribution is 2.51. The summed E-state index contributed by atoms with van der Waals surface area (Å²) < 4.78 is 51.2. The van der Waals surface area contributed by atoms with Crippen LogP contribution in [0.5, 0.6) is 0 Å². The Morgan fingerprint density at radius 2 is 1.55 bits per heavy atom. The van der Waals surface area contributed by atoms with Gasteiger partial charge in [-0.05, 0) is 47.0 Å². The minimum atomic E-state index is -4.67. The van der Waals surface area contributed by atoms with E-state index in [9.17, 15) is 23.6 Å². The molecule has 0 saturated heterocycles. The van der Waals surface area contributed by atoms with Gasteiger partial charge < -0.3 is 19.8 Å². The van der Waals surface area contributed by atoms with Crippen molar-refractivity contribution in [2.24, 2.45) is 5.92 Å². The summed E-state index contributed by atoms with van der Waals surface area (Å²) in [6.07, 6.45) is 0.577. The van der Waals surface area contributed by atoms with Crippen LogP contribution in [0.3, 0.4) is 0 Å². The van der Waals surface area contributed by atoms with E-state index in [0.29, 0.717) is 0 Å². The maximum Gasteiger partial charge on any atom is 0.472 e. The van der Waals surface area contributed by atoms with Gasteiger partial charge in [-0.25, -0.2) is 9.13 Å². The number of phosphoric acid groups is 2. The monoisotopic (exact) mass is 467 g/mol. The van der Waals surface area contributed by atoms with E-state index >= 15 is 0 Å². The molecule has 0 aliphatic heterocycles. The minimum absolute atomic E-state index is 0.0489. The van der Waals surface area contributed by atoms with Crippen LogP contribution in [0, 0.1) is 5.92 Å². The van der Waals surface area contributed by atoms with Gasteiger partial charge >= 0.3 is 15.6 Å². The maximum atomic E-state index is 12.9. The second kappa shape index (κ2) is 11.1. The summed E-state index contributed by atoms with van der Waals surface area (Å²) in [6, 6.07) is 0. The second-order valence-electron chi connectivity index (χ2n) is 8.35. The van der Waals surface area contributed by atoms with Crippen LogP contribution in [0.15, 0.2) is 0 Å². The Bertz CT molecular complexity index is 587. The molecule has 176 valence electrons. The van der Waals surface area contributed by atoms with Gasteiger partial charge in [0.1, 0.15) is 0 Å². The molecule has 2 atom stereocenters. The molecule has 0 aromatic rings. The minimum Gasteiger partial charge on any atom is -0.390 e.